The van der Waals surface area contributed by atoms with Crippen LogP contribution in [0.3, 0.4) is 0 Å². The average Bonchev–Trinajstić information content (AvgIpc) is 3.20. The first-order chi connectivity index (χ1) is 17.1. The quantitative estimate of drug-likeness (QED) is 0.0846. The van der Waals surface area contributed by atoms with Crippen molar-refractivity contribution in [2.24, 2.45) is 0 Å². The number of allylic oxidation sites excluding steroid dienone is 2. The Labute approximate surface area is 242 Å². The minimum atomic E-state index is 0.905. The van der Waals surface area contributed by atoms with E-state index in [2.05, 4.69) is 116 Å². The molecule has 0 unspecified atom stereocenters. The summed E-state index contributed by atoms with van der Waals surface area (Å²) in [5, 5.41) is 0. The molecule has 0 saturated carbocycles. The van der Waals surface area contributed by atoms with Crippen LogP contribution in [-0.4, -0.2) is 4.70 Å². The molecule has 3 rings (SSSR count). The Bertz CT molecular complexity index is 997. The molecule has 5 heteroatoms. The second-order valence-corrected chi connectivity index (χ2v) is 17.5. The maximum absolute atomic E-state index is 11.4. The molecule has 0 aromatic heterocycles. The van der Waals surface area contributed by atoms with Crippen LogP contribution in [0.1, 0.15) is 101 Å². The topological polar surface area (TPSA) is 25.3 Å². The van der Waals surface area contributed by atoms with Gasteiger partial charge in [0.25, 0.3) is 0 Å². The molecule has 0 N–H and O–H groups in total. The van der Waals surface area contributed by atoms with Gasteiger partial charge in [-0.1, -0.05) is 77.1 Å². The summed E-state index contributed by atoms with van der Waals surface area (Å²) in [6.45, 7) is 6.72. The van der Waals surface area contributed by atoms with E-state index in [0.29, 0.717) is 0 Å². The number of benzene rings is 2. The molecule has 0 atom stereocenters. The first kappa shape index (κ1) is 30.7. The van der Waals surface area contributed by atoms with Gasteiger partial charge in [0, 0.05) is 22.8 Å². The van der Waals surface area contributed by atoms with Crippen molar-refractivity contribution in [3.63, 3.8) is 0 Å². The van der Waals surface area contributed by atoms with Gasteiger partial charge in [-0.15, -0.1) is 0 Å². The van der Waals surface area contributed by atoms with Crippen molar-refractivity contribution in [1.29, 1.82) is 0 Å². The maximum atomic E-state index is 11.4. The first-order valence-corrected chi connectivity index (χ1v) is 19.4. The molecule has 2 aromatic carbocycles. The van der Waals surface area contributed by atoms with E-state index in [1.807, 2.05) is 0 Å². The molecule has 0 saturated heterocycles. The van der Waals surface area contributed by atoms with E-state index in [9.17, 15) is 5.53 Å². The summed E-state index contributed by atoms with van der Waals surface area (Å²) in [4.78, 5) is 0. The van der Waals surface area contributed by atoms with Crippen molar-refractivity contribution < 1.29 is 12.8 Å². The van der Waals surface area contributed by atoms with Gasteiger partial charge in [-0.3, -0.25) is 0 Å². The van der Waals surface area contributed by atoms with Crippen LogP contribution in [0.25, 0.3) is 16.9 Å². The van der Waals surface area contributed by atoms with E-state index < -0.39 is 0 Å². The Kier molecular flexibility index (Phi) is 15.7. The molecule has 0 radical (unpaired) electrons. The van der Waals surface area contributed by atoms with Gasteiger partial charge in [0.05, 0.1) is 0 Å². The first-order valence-electron chi connectivity index (χ1n) is 13.0. The van der Waals surface area contributed by atoms with Gasteiger partial charge in [-0.25, -0.2) is 4.70 Å². The standard InChI is InChI=1S/C30H40N2.2HI.Ni/c1-4-7-10-11-18-28-23-29(26-19-12-16-24(21-26)14-8-5-2)32(31)30(28)27-20-13-17-25(22-27)15-9-6-3;;;/h12-13,16-17,19-23H,4-11,14-15,18H2,1-3H3;2*1H;/q;;;+2/p-2. The molecule has 1 heterocycles. The number of hydrogen-bond donors (Lipinski definition) is 0. The van der Waals surface area contributed by atoms with E-state index >= 15 is 0 Å². The van der Waals surface area contributed by atoms with Crippen LogP contribution in [0.15, 0.2) is 60.2 Å². The van der Waals surface area contributed by atoms with Crippen molar-refractivity contribution in [3.05, 3.63) is 88.0 Å². The second-order valence-electron chi connectivity index (χ2n) is 9.18. The van der Waals surface area contributed by atoms with Crippen molar-refractivity contribution in [3.8, 4) is 0 Å². The average molecular weight is 741 g/mol. The zero-order valence-corrected chi connectivity index (χ0v) is 26.7. The molecule has 1 aliphatic rings. The summed E-state index contributed by atoms with van der Waals surface area (Å²) in [6, 6.07) is 17.5. The van der Waals surface area contributed by atoms with Gasteiger partial charge in [0.15, 0.2) is 0 Å². The third-order valence-corrected chi connectivity index (χ3v) is 6.42. The van der Waals surface area contributed by atoms with E-state index in [0.717, 1.165) is 48.2 Å². The molecule has 1 aliphatic heterocycles. The summed E-state index contributed by atoms with van der Waals surface area (Å²) in [6.07, 6.45) is 15.1. The van der Waals surface area contributed by atoms with Gasteiger partial charge < -0.3 is 5.53 Å². The van der Waals surface area contributed by atoms with Gasteiger partial charge >= 0.3 is 49.0 Å². The zero-order valence-electron chi connectivity index (χ0n) is 21.4. The van der Waals surface area contributed by atoms with Crippen LogP contribution in [0.2, 0.25) is 0 Å². The molecule has 194 valence electrons. The number of aryl methyl sites for hydroxylation is 2. The van der Waals surface area contributed by atoms with Crippen molar-refractivity contribution >= 4 is 52.4 Å². The number of hydrogen-bond acceptors (Lipinski definition) is 0. The van der Waals surface area contributed by atoms with Crippen LogP contribution < -0.4 is 0 Å². The van der Waals surface area contributed by atoms with Gasteiger partial charge in [-0.2, -0.15) is 0 Å². The van der Waals surface area contributed by atoms with Crippen LogP contribution in [0.5, 0.6) is 0 Å². The van der Waals surface area contributed by atoms with Crippen LogP contribution in [-0.2, 0) is 20.9 Å². The minimum absolute atomic E-state index is 0.905. The Morgan fingerprint density at radius 2 is 1.26 bits per heavy atom. The van der Waals surface area contributed by atoms with Crippen molar-refractivity contribution in [2.45, 2.75) is 91.4 Å². The molecule has 2 aromatic rings. The molecule has 0 spiro atoms. The SMILES string of the molecule is CCCCCCC1=C(c2cccc(CCCC)c2)[N+](=[N-])C(c2cccc(CCCC)c2)=C1.[I][Ni][I]. The molecule has 2 nitrogen and oxygen atoms in total. The molecular weight excluding hydrogens is 701 g/mol. The number of halogens is 2. The van der Waals surface area contributed by atoms with Crippen molar-refractivity contribution in [2.75, 3.05) is 0 Å². The van der Waals surface area contributed by atoms with Crippen LogP contribution >= 0.6 is 41.0 Å². The fourth-order valence-electron chi connectivity index (χ4n) is 4.52. The van der Waals surface area contributed by atoms with Gasteiger partial charge in [-0.05, 0) is 73.9 Å². The van der Waals surface area contributed by atoms with Gasteiger partial charge in [0.2, 0.25) is 11.4 Å². The summed E-state index contributed by atoms with van der Waals surface area (Å²) in [5.74, 6) is 0. The third kappa shape index (κ3) is 10.0. The third-order valence-electron chi connectivity index (χ3n) is 6.42. The summed E-state index contributed by atoms with van der Waals surface area (Å²) < 4.78 is 1.45. The zero-order chi connectivity index (χ0) is 25.5. The van der Waals surface area contributed by atoms with Crippen molar-refractivity contribution in [1.82, 2.24) is 0 Å². The fraction of sp³-hybridized carbons (Fsp3) is 0.467. The number of nitrogens with zero attached hydrogens (tertiary/aromatic N) is 2. The van der Waals surface area contributed by atoms with E-state index in [4.69, 9.17) is 0 Å². The summed E-state index contributed by atoms with van der Waals surface area (Å²) in [5.41, 5.74) is 19.4. The van der Waals surface area contributed by atoms with E-state index in [1.165, 1.54) is 66.3 Å². The predicted octanol–water partition coefficient (Wildman–Crippen LogP) is 10.9. The normalized spacial score (nSPS) is 13.2. The Morgan fingerprint density at radius 3 is 1.83 bits per heavy atom. The second kappa shape index (κ2) is 17.8. The number of unbranched alkanes of at least 4 members (excludes halogenated alkanes) is 5. The van der Waals surface area contributed by atoms with Crippen LogP contribution in [0, 0.1) is 0 Å². The predicted molar refractivity (Wildman–Crippen MR) is 165 cm³/mol. The molecule has 35 heavy (non-hydrogen) atoms. The molecule has 0 amide bonds. The fourth-order valence-corrected chi connectivity index (χ4v) is 4.52. The Hall–Kier alpha value is -0.526. The molecule has 0 aliphatic carbocycles. The molecular formula is C30H40I2N2Ni. The van der Waals surface area contributed by atoms with Gasteiger partial charge in [0.1, 0.15) is 0 Å². The van der Waals surface area contributed by atoms with E-state index in [1.54, 1.807) is 8.07 Å². The monoisotopic (exact) mass is 740 g/mol. The summed E-state index contributed by atoms with van der Waals surface area (Å²) >= 11 is 4.43. The van der Waals surface area contributed by atoms with Crippen LogP contribution in [0.4, 0.5) is 0 Å². The molecule has 0 fully saturated rings. The van der Waals surface area contributed by atoms with E-state index in [-0.39, 0.29) is 0 Å². The number of rotatable bonds is 13. The summed E-state index contributed by atoms with van der Waals surface area (Å²) in [7, 11) is 1.56. The Balaban J connectivity index is 0.00000137. The Morgan fingerprint density at radius 1 is 0.714 bits per heavy atom. The molecule has 0 bridgehead atoms.